The summed E-state index contributed by atoms with van der Waals surface area (Å²) in [5.41, 5.74) is 2.25. The summed E-state index contributed by atoms with van der Waals surface area (Å²) in [7, 11) is 0. The molecule has 0 radical (unpaired) electrons. The van der Waals surface area contributed by atoms with Crippen molar-refractivity contribution in [1.82, 2.24) is 9.88 Å². The van der Waals surface area contributed by atoms with Crippen LogP contribution in [0.2, 0.25) is 0 Å². The van der Waals surface area contributed by atoms with Gasteiger partial charge in [-0.3, -0.25) is 9.59 Å². The van der Waals surface area contributed by atoms with Gasteiger partial charge in [0.15, 0.2) is 5.13 Å². The molecule has 0 spiro atoms. The summed E-state index contributed by atoms with van der Waals surface area (Å²) >= 11 is 1.46. The Hall–Kier alpha value is -2.41. The third kappa shape index (κ3) is 6.03. The van der Waals surface area contributed by atoms with Crippen molar-refractivity contribution in [2.75, 3.05) is 18.5 Å². The summed E-state index contributed by atoms with van der Waals surface area (Å²) in [5, 5.41) is 3.47. The molecule has 3 rings (SSSR count). The first-order valence-corrected chi connectivity index (χ1v) is 11.0. The van der Waals surface area contributed by atoms with E-state index in [9.17, 15) is 9.59 Å². The van der Waals surface area contributed by atoms with Crippen molar-refractivity contribution in [3.63, 3.8) is 0 Å². The highest BCUT2D eigenvalue weighted by Crippen LogP contribution is 2.29. The van der Waals surface area contributed by atoms with Gasteiger partial charge in [-0.25, -0.2) is 4.98 Å². The Balaban J connectivity index is 1.47. The number of hydrogen-bond acceptors (Lipinski definition) is 5. The number of rotatable bonds is 8. The fourth-order valence-corrected chi connectivity index (χ4v) is 4.24. The number of thiazole rings is 1. The molecule has 2 amide bonds. The highest BCUT2D eigenvalue weighted by atomic mass is 32.1. The first kappa shape index (κ1) is 21.3. The van der Waals surface area contributed by atoms with Crippen LogP contribution in [0.3, 0.4) is 0 Å². The van der Waals surface area contributed by atoms with Gasteiger partial charge in [-0.1, -0.05) is 44.2 Å². The van der Waals surface area contributed by atoms with Gasteiger partial charge in [0, 0.05) is 24.3 Å². The van der Waals surface area contributed by atoms with E-state index < -0.39 is 0 Å². The SMILES string of the molecule is CCc1ccc(OCCC(=O)Nc2nc3c(s2)CN(C(=O)CC(C)C)CC3)cc1. The number of anilines is 1. The summed E-state index contributed by atoms with van der Waals surface area (Å²) in [5.74, 6) is 1.20. The maximum Gasteiger partial charge on any atom is 0.229 e. The van der Waals surface area contributed by atoms with Gasteiger partial charge in [-0.2, -0.15) is 0 Å². The van der Waals surface area contributed by atoms with Crippen molar-refractivity contribution in [1.29, 1.82) is 0 Å². The molecule has 156 valence electrons. The highest BCUT2D eigenvalue weighted by Gasteiger charge is 2.24. The fourth-order valence-electron chi connectivity index (χ4n) is 3.20. The van der Waals surface area contributed by atoms with Crippen LogP contribution in [0, 0.1) is 5.92 Å². The second-order valence-electron chi connectivity index (χ2n) is 7.70. The van der Waals surface area contributed by atoms with Crippen LogP contribution >= 0.6 is 11.3 Å². The summed E-state index contributed by atoms with van der Waals surface area (Å²) < 4.78 is 5.65. The zero-order chi connectivity index (χ0) is 20.8. The summed E-state index contributed by atoms with van der Waals surface area (Å²) in [6.45, 7) is 7.82. The average molecular weight is 416 g/mol. The first-order valence-electron chi connectivity index (χ1n) is 10.2. The molecule has 0 unspecified atom stereocenters. The van der Waals surface area contributed by atoms with E-state index in [-0.39, 0.29) is 18.2 Å². The number of hydrogen-bond donors (Lipinski definition) is 1. The number of carbonyl (C=O) groups excluding carboxylic acids is 2. The van der Waals surface area contributed by atoms with E-state index in [4.69, 9.17) is 4.74 Å². The lowest BCUT2D eigenvalue weighted by Crippen LogP contribution is -2.36. The molecule has 0 atom stereocenters. The largest absolute Gasteiger partial charge is 0.493 e. The standard InChI is InChI=1S/C22H29N3O3S/c1-4-16-5-7-17(8-6-16)28-12-10-20(26)24-22-23-18-9-11-25(14-19(18)29-22)21(27)13-15(2)3/h5-8,15H,4,9-14H2,1-3H3,(H,23,24,26). The third-order valence-electron chi connectivity index (χ3n) is 4.84. The molecule has 1 aliphatic heterocycles. The van der Waals surface area contributed by atoms with Crippen LogP contribution in [-0.2, 0) is 29.0 Å². The maximum absolute atomic E-state index is 12.3. The van der Waals surface area contributed by atoms with Crippen molar-refractivity contribution in [3.8, 4) is 5.75 Å². The number of nitrogens with one attached hydrogen (secondary N) is 1. The second-order valence-corrected chi connectivity index (χ2v) is 8.78. The molecule has 0 saturated carbocycles. The average Bonchev–Trinajstić information content (AvgIpc) is 3.09. The summed E-state index contributed by atoms with van der Waals surface area (Å²) in [4.78, 5) is 32.0. The predicted molar refractivity (Wildman–Crippen MR) is 115 cm³/mol. The monoisotopic (exact) mass is 415 g/mol. The molecule has 0 bridgehead atoms. The first-order chi connectivity index (χ1) is 13.9. The van der Waals surface area contributed by atoms with Gasteiger partial charge in [-0.15, -0.1) is 0 Å². The lowest BCUT2D eigenvalue weighted by molar-refractivity contribution is -0.132. The van der Waals surface area contributed by atoms with Gasteiger partial charge in [0.05, 0.1) is 25.3 Å². The van der Waals surface area contributed by atoms with E-state index in [1.807, 2.05) is 29.2 Å². The lowest BCUT2D eigenvalue weighted by atomic mass is 10.1. The smallest absolute Gasteiger partial charge is 0.229 e. The van der Waals surface area contributed by atoms with Crippen LogP contribution in [-0.4, -0.2) is 34.8 Å². The molecule has 1 aromatic carbocycles. The van der Waals surface area contributed by atoms with Gasteiger partial charge >= 0.3 is 0 Å². The molecule has 1 aliphatic rings. The van der Waals surface area contributed by atoms with Crippen LogP contribution in [0.5, 0.6) is 5.75 Å². The fraction of sp³-hybridized carbons (Fsp3) is 0.500. The number of amides is 2. The Morgan fingerprint density at radius 1 is 1.28 bits per heavy atom. The van der Waals surface area contributed by atoms with Crippen molar-refractivity contribution in [2.24, 2.45) is 5.92 Å². The predicted octanol–water partition coefficient (Wildman–Crippen LogP) is 4.04. The summed E-state index contributed by atoms with van der Waals surface area (Å²) in [6.07, 6.45) is 2.56. The molecular weight excluding hydrogens is 386 g/mol. The molecule has 29 heavy (non-hydrogen) atoms. The van der Waals surface area contributed by atoms with Crippen molar-refractivity contribution >= 4 is 28.3 Å². The number of fused-ring (bicyclic) bond motifs is 1. The minimum atomic E-state index is -0.117. The van der Waals surface area contributed by atoms with Crippen molar-refractivity contribution in [3.05, 3.63) is 40.4 Å². The summed E-state index contributed by atoms with van der Waals surface area (Å²) in [6, 6.07) is 7.92. The number of aryl methyl sites for hydroxylation is 1. The third-order valence-corrected chi connectivity index (χ3v) is 5.84. The van der Waals surface area contributed by atoms with E-state index >= 15 is 0 Å². The van der Waals surface area contributed by atoms with Crippen molar-refractivity contribution in [2.45, 2.75) is 53.0 Å². The molecule has 7 heteroatoms. The van der Waals surface area contributed by atoms with Gasteiger partial charge in [-0.05, 0) is 30.0 Å². The zero-order valence-electron chi connectivity index (χ0n) is 17.4. The Labute approximate surface area is 176 Å². The second kappa shape index (κ2) is 9.87. The highest BCUT2D eigenvalue weighted by molar-refractivity contribution is 7.15. The topological polar surface area (TPSA) is 71.5 Å². The van der Waals surface area contributed by atoms with E-state index in [0.717, 1.165) is 29.2 Å². The van der Waals surface area contributed by atoms with Gasteiger partial charge < -0.3 is 15.0 Å². The van der Waals surface area contributed by atoms with Gasteiger partial charge in [0.2, 0.25) is 11.8 Å². The Bertz CT molecular complexity index is 845. The Morgan fingerprint density at radius 3 is 2.72 bits per heavy atom. The van der Waals surface area contributed by atoms with E-state index in [2.05, 4.69) is 31.1 Å². The van der Waals surface area contributed by atoms with E-state index in [0.29, 0.717) is 37.2 Å². The van der Waals surface area contributed by atoms with Crippen LogP contribution < -0.4 is 10.1 Å². The van der Waals surface area contributed by atoms with Crippen LogP contribution in [0.15, 0.2) is 24.3 Å². The van der Waals surface area contributed by atoms with Gasteiger partial charge in [0.25, 0.3) is 0 Å². The zero-order valence-corrected chi connectivity index (χ0v) is 18.2. The Kier molecular flexibility index (Phi) is 7.25. The molecule has 2 heterocycles. The lowest BCUT2D eigenvalue weighted by Gasteiger charge is -2.26. The van der Waals surface area contributed by atoms with Crippen molar-refractivity contribution < 1.29 is 14.3 Å². The minimum absolute atomic E-state index is 0.117. The minimum Gasteiger partial charge on any atom is -0.493 e. The number of ether oxygens (including phenoxy) is 1. The molecular formula is C22H29N3O3S. The van der Waals surface area contributed by atoms with Crippen LogP contribution in [0.4, 0.5) is 5.13 Å². The number of carbonyl (C=O) groups is 2. The molecule has 0 aliphatic carbocycles. The molecule has 1 aromatic heterocycles. The van der Waals surface area contributed by atoms with Gasteiger partial charge in [0.1, 0.15) is 5.75 Å². The molecule has 1 N–H and O–H groups in total. The molecule has 0 fully saturated rings. The van der Waals surface area contributed by atoms with Crippen LogP contribution in [0.25, 0.3) is 0 Å². The Morgan fingerprint density at radius 2 is 2.03 bits per heavy atom. The maximum atomic E-state index is 12.3. The molecule has 6 nitrogen and oxygen atoms in total. The van der Waals surface area contributed by atoms with E-state index in [1.165, 1.54) is 16.9 Å². The molecule has 0 saturated heterocycles. The van der Waals surface area contributed by atoms with E-state index in [1.54, 1.807) is 0 Å². The normalized spacial score (nSPS) is 13.3. The number of nitrogens with zero attached hydrogens (tertiary/aromatic N) is 2. The molecule has 2 aromatic rings. The number of benzene rings is 1. The quantitative estimate of drug-likeness (QED) is 0.706. The number of aromatic nitrogens is 1. The van der Waals surface area contributed by atoms with Crippen LogP contribution in [0.1, 0.15) is 49.7 Å².